The molecule has 2 N–H and O–H groups in total. The molecule has 5 nitrogen and oxygen atoms in total. The van der Waals surface area contributed by atoms with Crippen molar-refractivity contribution in [2.24, 2.45) is 0 Å². The lowest BCUT2D eigenvalue weighted by atomic mass is 10.2. The molecular formula is C10H10ClN3O2. The second kappa shape index (κ2) is 4.02. The zero-order valence-corrected chi connectivity index (χ0v) is 9.55. The van der Waals surface area contributed by atoms with Crippen LogP contribution in [0.5, 0.6) is 0 Å². The standard InChI is InChI=1S/C10H10ClN3O2/c1-5-6(2)13-14-9(5)12-10(15)7-3-4-16-8(7)11/h3-4H,1-2H3,(H2,12,13,14,15). The van der Waals surface area contributed by atoms with E-state index in [-0.39, 0.29) is 11.1 Å². The Morgan fingerprint density at radius 3 is 2.81 bits per heavy atom. The molecule has 0 unspecified atom stereocenters. The smallest absolute Gasteiger partial charge is 0.261 e. The number of H-pyrrole nitrogens is 1. The summed E-state index contributed by atoms with van der Waals surface area (Å²) in [6.07, 6.45) is 1.36. The summed E-state index contributed by atoms with van der Waals surface area (Å²) < 4.78 is 4.84. The summed E-state index contributed by atoms with van der Waals surface area (Å²) in [4.78, 5) is 11.7. The number of hydrogen-bond acceptors (Lipinski definition) is 3. The van der Waals surface area contributed by atoms with Crippen molar-refractivity contribution < 1.29 is 9.21 Å². The minimum absolute atomic E-state index is 0.0717. The number of aryl methyl sites for hydroxylation is 1. The summed E-state index contributed by atoms with van der Waals surface area (Å²) in [5, 5.41) is 9.47. The lowest BCUT2D eigenvalue weighted by Gasteiger charge is -2.00. The first-order valence-electron chi connectivity index (χ1n) is 4.65. The van der Waals surface area contributed by atoms with Crippen LogP contribution in [0.1, 0.15) is 21.6 Å². The van der Waals surface area contributed by atoms with Crippen molar-refractivity contribution in [3.8, 4) is 0 Å². The molecule has 0 aromatic carbocycles. The molecule has 2 aromatic rings. The molecule has 0 spiro atoms. The van der Waals surface area contributed by atoms with E-state index >= 15 is 0 Å². The van der Waals surface area contributed by atoms with Crippen LogP contribution in [-0.4, -0.2) is 16.1 Å². The number of carbonyl (C=O) groups excluding carboxylic acids is 1. The van der Waals surface area contributed by atoms with Gasteiger partial charge in [-0.15, -0.1) is 0 Å². The Kier molecular flexibility index (Phi) is 2.70. The highest BCUT2D eigenvalue weighted by Gasteiger charge is 2.15. The highest BCUT2D eigenvalue weighted by atomic mass is 35.5. The Hall–Kier alpha value is -1.75. The van der Waals surface area contributed by atoms with E-state index in [1.54, 1.807) is 0 Å². The number of amides is 1. The van der Waals surface area contributed by atoms with Crippen LogP contribution in [0.15, 0.2) is 16.7 Å². The second-order valence-corrected chi connectivity index (χ2v) is 3.73. The van der Waals surface area contributed by atoms with Crippen LogP contribution in [0.4, 0.5) is 5.82 Å². The summed E-state index contributed by atoms with van der Waals surface area (Å²) in [6.45, 7) is 3.74. The van der Waals surface area contributed by atoms with Crippen molar-refractivity contribution in [3.05, 3.63) is 34.4 Å². The quantitative estimate of drug-likeness (QED) is 0.846. The minimum atomic E-state index is -0.339. The van der Waals surface area contributed by atoms with Gasteiger partial charge in [0.1, 0.15) is 0 Å². The first-order chi connectivity index (χ1) is 7.59. The van der Waals surface area contributed by atoms with Gasteiger partial charge in [0.2, 0.25) is 5.22 Å². The second-order valence-electron chi connectivity index (χ2n) is 3.38. The third-order valence-electron chi connectivity index (χ3n) is 2.35. The molecule has 2 rings (SSSR count). The molecule has 16 heavy (non-hydrogen) atoms. The number of aromatic nitrogens is 2. The molecule has 0 atom stereocenters. The molecule has 2 heterocycles. The predicted octanol–water partition coefficient (Wildman–Crippen LogP) is 2.53. The van der Waals surface area contributed by atoms with Crippen molar-refractivity contribution in [2.45, 2.75) is 13.8 Å². The lowest BCUT2D eigenvalue weighted by Crippen LogP contribution is -2.12. The topological polar surface area (TPSA) is 70.9 Å². The molecule has 84 valence electrons. The lowest BCUT2D eigenvalue weighted by molar-refractivity contribution is 0.102. The van der Waals surface area contributed by atoms with Gasteiger partial charge in [-0.3, -0.25) is 9.89 Å². The largest absolute Gasteiger partial charge is 0.452 e. The van der Waals surface area contributed by atoms with Gasteiger partial charge >= 0.3 is 0 Å². The third kappa shape index (κ3) is 1.81. The molecular weight excluding hydrogens is 230 g/mol. The van der Waals surface area contributed by atoms with Crippen LogP contribution in [-0.2, 0) is 0 Å². The van der Waals surface area contributed by atoms with Gasteiger partial charge in [0.05, 0.1) is 11.8 Å². The van der Waals surface area contributed by atoms with Gasteiger partial charge < -0.3 is 9.73 Å². The third-order valence-corrected chi connectivity index (χ3v) is 2.64. The number of rotatable bonds is 2. The Bertz CT molecular complexity index is 530. The molecule has 0 aliphatic carbocycles. The van der Waals surface area contributed by atoms with E-state index in [9.17, 15) is 4.79 Å². The van der Waals surface area contributed by atoms with Crippen LogP contribution >= 0.6 is 11.6 Å². The monoisotopic (exact) mass is 239 g/mol. The van der Waals surface area contributed by atoms with Gasteiger partial charge in [-0.2, -0.15) is 5.10 Å². The summed E-state index contributed by atoms with van der Waals surface area (Å²) in [5.41, 5.74) is 2.10. The van der Waals surface area contributed by atoms with E-state index in [4.69, 9.17) is 16.0 Å². The van der Waals surface area contributed by atoms with E-state index in [1.807, 2.05) is 13.8 Å². The molecule has 0 saturated carbocycles. The maximum atomic E-state index is 11.7. The Morgan fingerprint density at radius 1 is 1.56 bits per heavy atom. The van der Waals surface area contributed by atoms with Gasteiger partial charge in [-0.05, 0) is 31.5 Å². The van der Waals surface area contributed by atoms with E-state index in [0.717, 1.165) is 11.3 Å². The first-order valence-corrected chi connectivity index (χ1v) is 5.03. The van der Waals surface area contributed by atoms with Gasteiger partial charge in [0.25, 0.3) is 5.91 Å². The van der Waals surface area contributed by atoms with E-state index < -0.39 is 0 Å². The highest BCUT2D eigenvalue weighted by Crippen LogP contribution is 2.19. The number of nitrogens with zero attached hydrogens (tertiary/aromatic N) is 1. The number of halogens is 1. The summed E-state index contributed by atoms with van der Waals surface area (Å²) in [5.74, 6) is 0.160. The molecule has 0 fully saturated rings. The van der Waals surface area contributed by atoms with Crippen molar-refractivity contribution in [1.29, 1.82) is 0 Å². The van der Waals surface area contributed by atoms with Gasteiger partial charge in [-0.25, -0.2) is 0 Å². The van der Waals surface area contributed by atoms with Crippen LogP contribution in [0.2, 0.25) is 5.22 Å². The molecule has 1 amide bonds. The summed E-state index contributed by atoms with van der Waals surface area (Å²) in [6, 6.07) is 1.51. The number of furan rings is 1. The molecule has 0 aliphatic rings. The van der Waals surface area contributed by atoms with E-state index in [2.05, 4.69) is 15.5 Å². The van der Waals surface area contributed by atoms with Crippen molar-refractivity contribution in [1.82, 2.24) is 10.2 Å². The Morgan fingerprint density at radius 2 is 2.31 bits per heavy atom. The van der Waals surface area contributed by atoms with Gasteiger partial charge in [0.15, 0.2) is 5.82 Å². The number of anilines is 1. The maximum Gasteiger partial charge on any atom is 0.261 e. The average molecular weight is 240 g/mol. The Labute approximate surface area is 96.8 Å². The summed E-state index contributed by atoms with van der Waals surface area (Å²) >= 11 is 5.69. The molecule has 0 saturated heterocycles. The predicted molar refractivity (Wildman–Crippen MR) is 59.7 cm³/mol. The number of hydrogen-bond donors (Lipinski definition) is 2. The van der Waals surface area contributed by atoms with Crippen molar-refractivity contribution >= 4 is 23.3 Å². The Balaban J connectivity index is 2.20. The van der Waals surface area contributed by atoms with Crippen molar-refractivity contribution in [2.75, 3.05) is 5.32 Å². The van der Waals surface area contributed by atoms with Crippen molar-refractivity contribution in [3.63, 3.8) is 0 Å². The zero-order valence-electron chi connectivity index (χ0n) is 8.80. The van der Waals surface area contributed by atoms with Gasteiger partial charge in [-0.1, -0.05) is 0 Å². The molecule has 2 aromatic heterocycles. The van der Waals surface area contributed by atoms with Crippen LogP contribution in [0.3, 0.4) is 0 Å². The first kappa shape index (κ1) is 10.8. The molecule has 0 aliphatic heterocycles. The normalized spacial score (nSPS) is 10.4. The zero-order chi connectivity index (χ0) is 11.7. The number of aromatic amines is 1. The van der Waals surface area contributed by atoms with E-state index in [1.165, 1.54) is 12.3 Å². The van der Waals surface area contributed by atoms with Crippen LogP contribution < -0.4 is 5.32 Å². The fourth-order valence-corrected chi connectivity index (χ4v) is 1.44. The molecule has 0 bridgehead atoms. The SMILES string of the molecule is Cc1[nH]nc(NC(=O)c2ccoc2Cl)c1C. The maximum absolute atomic E-state index is 11.7. The fourth-order valence-electron chi connectivity index (χ4n) is 1.24. The highest BCUT2D eigenvalue weighted by molar-refractivity contribution is 6.32. The fraction of sp³-hybridized carbons (Fsp3) is 0.200. The molecule has 6 heteroatoms. The van der Waals surface area contributed by atoms with Crippen LogP contribution in [0.25, 0.3) is 0 Å². The van der Waals surface area contributed by atoms with Crippen LogP contribution in [0, 0.1) is 13.8 Å². The number of carbonyl (C=O) groups is 1. The minimum Gasteiger partial charge on any atom is -0.452 e. The molecule has 0 radical (unpaired) electrons. The average Bonchev–Trinajstić information content (AvgIpc) is 2.79. The number of nitrogens with one attached hydrogen (secondary N) is 2. The van der Waals surface area contributed by atoms with E-state index in [0.29, 0.717) is 11.4 Å². The van der Waals surface area contributed by atoms with Gasteiger partial charge in [0, 0.05) is 11.3 Å². The summed E-state index contributed by atoms with van der Waals surface area (Å²) in [7, 11) is 0.